The molecule has 3 aromatic rings. The Bertz CT molecular complexity index is 634. The first-order valence-electron chi connectivity index (χ1n) is 6.52. The number of hydrogen-bond acceptors (Lipinski definition) is 3. The average Bonchev–Trinajstić information content (AvgIpc) is 3.04. The average molecular weight is 255 g/mol. The molecular weight excluding hydrogens is 238 g/mol. The van der Waals surface area contributed by atoms with Crippen LogP contribution in [0, 0.1) is 0 Å². The van der Waals surface area contributed by atoms with Gasteiger partial charge in [0.15, 0.2) is 0 Å². The Balaban J connectivity index is 1.63. The summed E-state index contributed by atoms with van der Waals surface area (Å²) in [5, 5.41) is 7.63. The summed E-state index contributed by atoms with van der Waals surface area (Å²) in [6.07, 6.45) is 1.84. The first-order valence-corrected chi connectivity index (χ1v) is 6.52. The molecule has 5 heteroatoms. The Kier molecular flexibility index (Phi) is 3.29. The van der Waals surface area contributed by atoms with Crippen molar-refractivity contribution in [1.82, 2.24) is 25.1 Å². The number of hydrogen-bond donors (Lipinski definition) is 2. The fraction of sp³-hybridized carbons (Fsp3) is 0.286. The molecule has 5 nitrogen and oxygen atoms in total. The van der Waals surface area contributed by atoms with Crippen molar-refractivity contribution >= 4 is 11.0 Å². The number of aromatic amines is 1. The fourth-order valence-electron chi connectivity index (χ4n) is 2.19. The van der Waals surface area contributed by atoms with Crippen LogP contribution in [0.4, 0.5) is 0 Å². The van der Waals surface area contributed by atoms with E-state index in [1.807, 2.05) is 41.2 Å². The number of rotatable bonds is 5. The molecule has 3 rings (SSSR count). The van der Waals surface area contributed by atoms with E-state index in [9.17, 15) is 0 Å². The number of H-pyrrole nitrogens is 1. The fourth-order valence-corrected chi connectivity index (χ4v) is 2.19. The zero-order valence-corrected chi connectivity index (χ0v) is 10.9. The van der Waals surface area contributed by atoms with E-state index in [-0.39, 0.29) is 0 Å². The SMILES string of the molecule is CCn1nccc1CNCc1nc2ccccc2[nH]1. The van der Waals surface area contributed by atoms with Gasteiger partial charge in [0.2, 0.25) is 0 Å². The predicted octanol–water partition coefficient (Wildman–Crippen LogP) is 2.07. The van der Waals surface area contributed by atoms with Gasteiger partial charge in [0.25, 0.3) is 0 Å². The molecule has 0 amide bonds. The summed E-state index contributed by atoms with van der Waals surface area (Å²) < 4.78 is 1.99. The number of aryl methyl sites for hydroxylation is 1. The van der Waals surface area contributed by atoms with Gasteiger partial charge in [0.05, 0.1) is 23.3 Å². The Labute approximate surface area is 111 Å². The Morgan fingerprint density at radius 1 is 1.21 bits per heavy atom. The van der Waals surface area contributed by atoms with Gasteiger partial charge in [-0.1, -0.05) is 12.1 Å². The van der Waals surface area contributed by atoms with E-state index in [2.05, 4.69) is 27.3 Å². The number of fused-ring (bicyclic) bond motifs is 1. The van der Waals surface area contributed by atoms with Crippen LogP contribution in [0.1, 0.15) is 18.4 Å². The van der Waals surface area contributed by atoms with Crippen LogP contribution in [0.5, 0.6) is 0 Å². The van der Waals surface area contributed by atoms with Crippen LogP contribution in [-0.2, 0) is 19.6 Å². The highest BCUT2D eigenvalue weighted by atomic mass is 15.3. The molecule has 0 aliphatic rings. The largest absolute Gasteiger partial charge is 0.341 e. The van der Waals surface area contributed by atoms with Crippen LogP contribution >= 0.6 is 0 Å². The second kappa shape index (κ2) is 5.24. The summed E-state index contributed by atoms with van der Waals surface area (Å²) in [5.41, 5.74) is 3.29. The van der Waals surface area contributed by atoms with Crippen LogP contribution in [0.25, 0.3) is 11.0 Å². The zero-order chi connectivity index (χ0) is 13.1. The molecule has 0 atom stereocenters. The van der Waals surface area contributed by atoms with E-state index in [1.54, 1.807) is 0 Å². The summed E-state index contributed by atoms with van der Waals surface area (Å²) >= 11 is 0. The van der Waals surface area contributed by atoms with Crippen molar-refractivity contribution in [3.63, 3.8) is 0 Å². The number of aromatic nitrogens is 4. The molecule has 0 unspecified atom stereocenters. The van der Waals surface area contributed by atoms with Gasteiger partial charge < -0.3 is 10.3 Å². The molecule has 0 aliphatic heterocycles. The van der Waals surface area contributed by atoms with Crippen molar-refractivity contribution in [3.8, 4) is 0 Å². The first kappa shape index (κ1) is 11.9. The summed E-state index contributed by atoms with van der Waals surface area (Å²) in [7, 11) is 0. The third kappa shape index (κ3) is 2.51. The van der Waals surface area contributed by atoms with Gasteiger partial charge in [0.1, 0.15) is 5.82 Å². The molecule has 0 radical (unpaired) electrons. The van der Waals surface area contributed by atoms with E-state index in [0.717, 1.165) is 36.5 Å². The summed E-state index contributed by atoms with van der Waals surface area (Å²) in [5.74, 6) is 0.962. The molecule has 0 bridgehead atoms. The van der Waals surface area contributed by atoms with Crippen molar-refractivity contribution in [1.29, 1.82) is 0 Å². The number of imidazole rings is 1. The Morgan fingerprint density at radius 3 is 2.95 bits per heavy atom. The van der Waals surface area contributed by atoms with E-state index < -0.39 is 0 Å². The van der Waals surface area contributed by atoms with Crippen LogP contribution in [-0.4, -0.2) is 19.7 Å². The lowest BCUT2D eigenvalue weighted by Crippen LogP contribution is -2.16. The molecule has 0 saturated carbocycles. The van der Waals surface area contributed by atoms with Crippen LogP contribution in [0.2, 0.25) is 0 Å². The second-order valence-corrected chi connectivity index (χ2v) is 4.44. The Morgan fingerprint density at radius 2 is 2.11 bits per heavy atom. The standard InChI is InChI=1S/C14H17N5/c1-2-19-11(7-8-16-19)9-15-10-14-17-12-5-3-4-6-13(12)18-14/h3-8,15H,2,9-10H2,1H3,(H,17,18). The normalized spacial score (nSPS) is 11.2. The molecule has 0 saturated heterocycles. The van der Waals surface area contributed by atoms with Crippen LogP contribution in [0.3, 0.4) is 0 Å². The van der Waals surface area contributed by atoms with E-state index >= 15 is 0 Å². The number of benzene rings is 1. The molecular formula is C14H17N5. The molecule has 2 N–H and O–H groups in total. The van der Waals surface area contributed by atoms with E-state index in [1.165, 1.54) is 5.69 Å². The molecule has 0 spiro atoms. The lowest BCUT2D eigenvalue weighted by molar-refractivity contribution is 0.576. The minimum absolute atomic E-state index is 0.726. The zero-order valence-electron chi connectivity index (χ0n) is 10.9. The first-order chi connectivity index (χ1) is 9.36. The molecule has 19 heavy (non-hydrogen) atoms. The Hall–Kier alpha value is -2.14. The monoisotopic (exact) mass is 255 g/mol. The smallest absolute Gasteiger partial charge is 0.121 e. The predicted molar refractivity (Wildman–Crippen MR) is 74.5 cm³/mol. The van der Waals surface area contributed by atoms with Gasteiger partial charge in [-0.15, -0.1) is 0 Å². The van der Waals surface area contributed by atoms with E-state index in [4.69, 9.17) is 0 Å². The third-order valence-electron chi connectivity index (χ3n) is 3.14. The minimum Gasteiger partial charge on any atom is -0.341 e. The summed E-state index contributed by atoms with van der Waals surface area (Å²) in [4.78, 5) is 7.84. The van der Waals surface area contributed by atoms with Gasteiger partial charge in [-0.3, -0.25) is 4.68 Å². The van der Waals surface area contributed by atoms with Gasteiger partial charge in [-0.05, 0) is 25.1 Å². The van der Waals surface area contributed by atoms with Crippen LogP contribution in [0.15, 0.2) is 36.5 Å². The number of para-hydroxylation sites is 2. The lowest BCUT2D eigenvalue weighted by atomic mass is 10.3. The molecule has 1 aromatic carbocycles. The molecule has 0 aliphatic carbocycles. The highest BCUT2D eigenvalue weighted by Crippen LogP contribution is 2.10. The topological polar surface area (TPSA) is 58.5 Å². The molecule has 98 valence electrons. The van der Waals surface area contributed by atoms with Crippen molar-refractivity contribution < 1.29 is 0 Å². The number of nitrogens with one attached hydrogen (secondary N) is 2. The van der Waals surface area contributed by atoms with Gasteiger partial charge in [0, 0.05) is 19.3 Å². The lowest BCUT2D eigenvalue weighted by Gasteiger charge is -2.05. The third-order valence-corrected chi connectivity index (χ3v) is 3.14. The highest BCUT2D eigenvalue weighted by Gasteiger charge is 2.03. The molecule has 2 heterocycles. The highest BCUT2D eigenvalue weighted by molar-refractivity contribution is 5.74. The molecule has 0 fully saturated rings. The van der Waals surface area contributed by atoms with Crippen molar-refractivity contribution in [2.24, 2.45) is 0 Å². The van der Waals surface area contributed by atoms with Gasteiger partial charge >= 0.3 is 0 Å². The van der Waals surface area contributed by atoms with Crippen LogP contribution < -0.4 is 5.32 Å². The van der Waals surface area contributed by atoms with Crippen molar-refractivity contribution in [2.75, 3.05) is 0 Å². The maximum atomic E-state index is 4.53. The van der Waals surface area contributed by atoms with Crippen molar-refractivity contribution in [3.05, 3.63) is 48.0 Å². The minimum atomic E-state index is 0.726. The van der Waals surface area contributed by atoms with Gasteiger partial charge in [-0.2, -0.15) is 5.10 Å². The quantitative estimate of drug-likeness (QED) is 0.733. The summed E-state index contributed by atoms with van der Waals surface area (Å²) in [6.45, 7) is 4.51. The number of nitrogens with zero attached hydrogens (tertiary/aromatic N) is 3. The molecule has 2 aromatic heterocycles. The van der Waals surface area contributed by atoms with Crippen molar-refractivity contribution in [2.45, 2.75) is 26.6 Å². The summed E-state index contributed by atoms with van der Waals surface area (Å²) in [6, 6.07) is 10.1. The maximum Gasteiger partial charge on any atom is 0.121 e. The second-order valence-electron chi connectivity index (χ2n) is 4.44. The van der Waals surface area contributed by atoms with Gasteiger partial charge in [-0.25, -0.2) is 4.98 Å². The van der Waals surface area contributed by atoms with E-state index in [0.29, 0.717) is 0 Å². The maximum absolute atomic E-state index is 4.53.